The zero-order valence-corrected chi connectivity index (χ0v) is 16.8. The number of nitrogens with two attached hydrogens (primary N) is 1. The molecule has 0 bridgehead atoms. The van der Waals surface area contributed by atoms with Crippen molar-refractivity contribution in [3.05, 3.63) is 29.8 Å². The Balaban J connectivity index is 0.00000288. The van der Waals surface area contributed by atoms with Gasteiger partial charge in [-0.3, -0.25) is 9.79 Å². The maximum absolute atomic E-state index is 11.9. The van der Waals surface area contributed by atoms with Crippen molar-refractivity contribution in [3.63, 3.8) is 0 Å². The fourth-order valence-corrected chi connectivity index (χ4v) is 2.57. The quantitative estimate of drug-likeness (QED) is 0.413. The molecule has 0 aliphatic carbocycles. The number of nitrogens with one attached hydrogen (secondary N) is 1. The Bertz CT molecular complexity index is 577. The summed E-state index contributed by atoms with van der Waals surface area (Å²) in [6.45, 7) is 2.57. The lowest BCUT2D eigenvalue weighted by Gasteiger charge is -2.16. The zero-order valence-electron chi connectivity index (χ0n) is 14.5. The maximum atomic E-state index is 11.9. The van der Waals surface area contributed by atoms with Crippen molar-refractivity contribution in [1.29, 1.82) is 0 Å². The Morgan fingerprint density at radius 3 is 2.83 bits per heavy atom. The minimum absolute atomic E-state index is 0. The first-order valence-electron chi connectivity index (χ1n) is 8.02. The van der Waals surface area contributed by atoms with Gasteiger partial charge < -0.3 is 20.7 Å². The molecule has 1 aromatic rings. The van der Waals surface area contributed by atoms with E-state index in [0.717, 1.165) is 24.9 Å². The van der Waals surface area contributed by atoms with Crippen molar-refractivity contribution in [2.75, 3.05) is 26.0 Å². The number of ether oxygens (including phenoxy) is 1. The second kappa shape index (κ2) is 9.83. The Kier molecular flexibility index (Phi) is 8.47. The third kappa shape index (κ3) is 5.94. The Hall–Kier alpha value is -1.35. The highest BCUT2D eigenvalue weighted by Gasteiger charge is 2.31. The van der Waals surface area contributed by atoms with Gasteiger partial charge in [0.15, 0.2) is 5.96 Å². The van der Waals surface area contributed by atoms with Gasteiger partial charge in [0.1, 0.15) is 6.10 Å². The molecule has 0 aromatic heterocycles. The predicted molar refractivity (Wildman–Crippen MR) is 108 cm³/mol. The summed E-state index contributed by atoms with van der Waals surface area (Å²) in [5.41, 5.74) is 8.10. The maximum Gasteiger partial charge on any atom is 0.251 e. The van der Waals surface area contributed by atoms with Crippen LogP contribution in [0.4, 0.5) is 5.69 Å². The van der Waals surface area contributed by atoms with Gasteiger partial charge in [-0.05, 0) is 37.0 Å². The van der Waals surface area contributed by atoms with E-state index in [2.05, 4.69) is 29.4 Å². The summed E-state index contributed by atoms with van der Waals surface area (Å²) in [6.07, 6.45) is 2.14. The van der Waals surface area contributed by atoms with Gasteiger partial charge in [0, 0.05) is 19.8 Å². The highest BCUT2D eigenvalue weighted by atomic mass is 127. The SMILES string of the molecule is CCc1cccc(NC(N)=NCC2CCC(C(=O)N(C)C)O2)c1.I. The Morgan fingerprint density at radius 2 is 2.17 bits per heavy atom. The van der Waals surface area contributed by atoms with Crippen LogP contribution in [0.2, 0.25) is 0 Å². The number of aryl methyl sites for hydroxylation is 1. The van der Waals surface area contributed by atoms with E-state index in [1.165, 1.54) is 5.56 Å². The molecule has 2 atom stereocenters. The Labute approximate surface area is 160 Å². The number of hydrogen-bond donors (Lipinski definition) is 2. The monoisotopic (exact) mass is 446 g/mol. The lowest BCUT2D eigenvalue weighted by Crippen LogP contribution is -2.34. The van der Waals surface area contributed by atoms with Crippen LogP contribution in [-0.4, -0.2) is 49.6 Å². The van der Waals surface area contributed by atoms with Crippen molar-refractivity contribution in [3.8, 4) is 0 Å². The van der Waals surface area contributed by atoms with Gasteiger partial charge >= 0.3 is 0 Å². The summed E-state index contributed by atoms with van der Waals surface area (Å²) in [4.78, 5) is 17.7. The summed E-state index contributed by atoms with van der Waals surface area (Å²) in [6, 6.07) is 8.08. The van der Waals surface area contributed by atoms with Crippen LogP contribution in [0.3, 0.4) is 0 Å². The van der Waals surface area contributed by atoms with Gasteiger partial charge in [0.2, 0.25) is 0 Å². The summed E-state index contributed by atoms with van der Waals surface area (Å²) < 4.78 is 5.74. The highest BCUT2D eigenvalue weighted by Crippen LogP contribution is 2.21. The first-order chi connectivity index (χ1) is 11.0. The minimum Gasteiger partial charge on any atom is -0.370 e. The first-order valence-corrected chi connectivity index (χ1v) is 8.02. The third-order valence-corrected chi connectivity index (χ3v) is 3.90. The topological polar surface area (TPSA) is 79.9 Å². The van der Waals surface area contributed by atoms with E-state index in [0.29, 0.717) is 12.5 Å². The molecule has 0 saturated carbocycles. The molecule has 1 fully saturated rings. The minimum atomic E-state index is -0.347. The average molecular weight is 446 g/mol. The number of guanidine groups is 1. The molecule has 7 heteroatoms. The van der Waals surface area contributed by atoms with Gasteiger partial charge in [0.25, 0.3) is 5.91 Å². The first kappa shape index (κ1) is 20.7. The number of carbonyl (C=O) groups is 1. The fourth-order valence-electron chi connectivity index (χ4n) is 2.57. The standard InChI is InChI=1S/C17H26N4O2.HI/c1-4-12-6-5-7-13(10-12)20-17(18)19-11-14-8-9-15(23-14)16(22)21(2)3;/h5-7,10,14-15H,4,8-9,11H2,1-3H3,(H3,18,19,20);1H. The van der Waals surface area contributed by atoms with Crippen molar-refractivity contribution in [2.24, 2.45) is 10.7 Å². The van der Waals surface area contributed by atoms with Crippen LogP contribution in [0.25, 0.3) is 0 Å². The average Bonchev–Trinajstić information content (AvgIpc) is 3.01. The van der Waals surface area contributed by atoms with E-state index in [-0.39, 0.29) is 42.1 Å². The second-order valence-electron chi connectivity index (χ2n) is 5.96. The van der Waals surface area contributed by atoms with E-state index >= 15 is 0 Å². The van der Waals surface area contributed by atoms with Crippen LogP contribution in [0.1, 0.15) is 25.3 Å². The van der Waals surface area contributed by atoms with Crippen molar-refractivity contribution in [1.82, 2.24) is 4.90 Å². The molecular weight excluding hydrogens is 419 g/mol. The third-order valence-electron chi connectivity index (χ3n) is 3.90. The Morgan fingerprint density at radius 1 is 1.42 bits per heavy atom. The molecule has 0 spiro atoms. The van der Waals surface area contributed by atoms with Crippen LogP contribution >= 0.6 is 24.0 Å². The van der Waals surface area contributed by atoms with Gasteiger partial charge in [-0.25, -0.2) is 0 Å². The van der Waals surface area contributed by atoms with E-state index in [1.54, 1.807) is 19.0 Å². The number of halogens is 1. The molecule has 1 heterocycles. The van der Waals surface area contributed by atoms with Crippen LogP contribution in [0, 0.1) is 0 Å². The number of likely N-dealkylation sites (N-methyl/N-ethyl adjacent to an activating group) is 1. The van der Waals surface area contributed by atoms with Crippen molar-refractivity contribution >= 4 is 41.5 Å². The number of benzene rings is 1. The summed E-state index contributed by atoms with van der Waals surface area (Å²) in [5.74, 6) is 0.378. The molecule has 1 aliphatic rings. The summed E-state index contributed by atoms with van der Waals surface area (Å²) >= 11 is 0. The molecule has 1 aliphatic heterocycles. The lowest BCUT2D eigenvalue weighted by molar-refractivity contribution is -0.140. The smallest absolute Gasteiger partial charge is 0.251 e. The van der Waals surface area contributed by atoms with Crippen molar-refractivity contribution < 1.29 is 9.53 Å². The molecule has 134 valence electrons. The molecule has 3 N–H and O–H groups in total. The van der Waals surface area contributed by atoms with Crippen molar-refractivity contribution in [2.45, 2.75) is 38.4 Å². The summed E-state index contributed by atoms with van der Waals surface area (Å²) in [7, 11) is 3.48. The predicted octanol–water partition coefficient (Wildman–Crippen LogP) is 2.23. The highest BCUT2D eigenvalue weighted by molar-refractivity contribution is 14.0. The van der Waals surface area contributed by atoms with E-state index in [1.807, 2.05) is 12.1 Å². The van der Waals surface area contributed by atoms with E-state index in [9.17, 15) is 4.79 Å². The zero-order chi connectivity index (χ0) is 16.8. The molecule has 6 nitrogen and oxygen atoms in total. The molecule has 2 unspecified atom stereocenters. The normalized spacial score (nSPS) is 20.4. The van der Waals surface area contributed by atoms with Crippen LogP contribution in [-0.2, 0) is 16.0 Å². The number of carbonyl (C=O) groups excluding carboxylic acids is 1. The van der Waals surface area contributed by atoms with E-state index in [4.69, 9.17) is 10.5 Å². The molecule has 1 aromatic carbocycles. The van der Waals surface area contributed by atoms with Crippen LogP contribution < -0.4 is 11.1 Å². The second-order valence-corrected chi connectivity index (χ2v) is 5.96. The molecule has 2 rings (SSSR count). The number of hydrogen-bond acceptors (Lipinski definition) is 3. The number of aliphatic imine (C=N–C) groups is 1. The fraction of sp³-hybridized carbons (Fsp3) is 0.529. The van der Waals surface area contributed by atoms with Gasteiger partial charge in [-0.15, -0.1) is 24.0 Å². The van der Waals surface area contributed by atoms with Gasteiger partial charge in [-0.2, -0.15) is 0 Å². The largest absolute Gasteiger partial charge is 0.370 e. The molecule has 0 radical (unpaired) electrons. The van der Waals surface area contributed by atoms with Gasteiger partial charge in [-0.1, -0.05) is 19.1 Å². The number of nitrogens with zero attached hydrogens (tertiary/aromatic N) is 2. The van der Waals surface area contributed by atoms with Crippen LogP contribution in [0.15, 0.2) is 29.3 Å². The molecular formula is C17H27IN4O2. The summed E-state index contributed by atoms with van der Waals surface area (Å²) in [5, 5.41) is 3.09. The van der Waals surface area contributed by atoms with Crippen LogP contribution in [0.5, 0.6) is 0 Å². The van der Waals surface area contributed by atoms with Gasteiger partial charge in [0.05, 0.1) is 12.6 Å². The number of anilines is 1. The molecule has 1 amide bonds. The lowest BCUT2D eigenvalue weighted by atomic mass is 10.1. The molecule has 24 heavy (non-hydrogen) atoms. The number of amides is 1. The van der Waals surface area contributed by atoms with E-state index < -0.39 is 0 Å². The number of rotatable bonds is 5. The molecule has 1 saturated heterocycles.